The maximum Gasteiger partial charge on any atom is 0.234 e. The molecule has 1 aliphatic rings. The number of likely N-dealkylation sites (N-methyl/N-ethyl adjacent to an activating group) is 1. The summed E-state index contributed by atoms with van der Waals surface area (Å²) in [5.41, 5.74) is 0.804. The zero-order valence-corrected chi connectivity index (χ0v) is 14.7. The molecule has 0 heterocycles. The van der Waals surface area contributed by atoms with Gasteiger partial charge in [-0.3, -0.25) is 14.5 Å². The largest absolute Gasteiger partial charge is 0.352 e. The molecule has 1 fully saturated rings. The highest BCUT2D eigenvalue weighted by Crippen LogP contribution is 2.26. The predicted molar refractivity (Wildman–Crippen MR) is 91.7 cm³/mol. The molecule has 0 bridgehead atoms. The first-order chi connectivity index (χ1) is 10.8. The van der Waals surface area contributed by atoms with Crippen LogP contribution in [0.3, 0.4) is 0 Å². The lowest BCUT2D eigenvalue weighted by Crippen LogP contribution is -2.41. The monoisotopic (exact) mass is 357 g/mol. The molecule has 2 N–H and O–H groups in total. The van der Waals surface area contributed by atoms with Crippen LogP contribution in [0.2, 0.25) is 10.0 Å². The summed E-state index contributed by atoms with van der Waals surface area (Å²) >= 11 is 12.0. The van der Waals surface area contributed by atoms with E-state index >= 15 is 0 Å². The van der Waals surface area contributed by atoms with Gasteiger partial charge in [0.25, 0.3) is 0 Å². The number of rotatable bonds is 7. The molecule has 7 heteroatoms. The summed E-state index contributed by atoms with van der Waals surface area (Å²) in [4.78, 5) is 25.5. The first-order valence-corrected chi connectivity index (χ1v) is 8.33. The lowest BCUT2D eigenvalue weighted by Gasteiger charge is -2.19. The van der Waals surface area contributed by atoms with Crippen molar-refractivity contribution in [3.8, 4) is 0 Å². The van der Waals surface area contributed by atoms with Crippen molar-refractivity contribution in [2.24, 2.45) is 0 Å². The number of carbonyl (C=O) groups is 2. The van der Waals surface area contributed by atoms with Crippen LogP contribution in [0.5, 0.6) is 0 Å². The number of halogens is 2. The van der Waals surface area contributed by atoms with E-state index in [1.54, 1.807) is 30.1 Å². The lowest BCUT2D eigenvalue weighted by molar-refractivity contribution is -0.125. The highest BCUT2D eigenvalue weighted by atomic mass is 35.5. The Labute approximate surface area is 146 Å². The molecular formula is C16H21Cl2N3O2. The molecule has 23 heavy (non-hydrogen) atoms. The van der Waals surface area contributed by atoms with Crippen molar-refractivity contribution in [1.29, 1.82) is 0 Å². The van der Waals surface area contributed by atoms with Gasteiger partial charge in [-0.2, -0.15) is 0 Å². The van der Waals surface area contributed by atoms with Crippen molar-refractivity contribution in [3.05, 3.63) is 33.8 Å². The van der Waals surface area contributed by atoms with E-state index in [1.165, 1.54) is 0 Å². The molecule has 0 unspecified atom stereocenters. The van der Waals surface area contributed by atoms with E-state index < -0.39 is 0 Å². The summed E-state index contributed by atoms with van der Waals surface area (Å²) in [6.07, 6.45) is 2.10. The normalized spacial score (nSPS) is 15.3. The zero-order chi connectivity index (χ0) is 17.0. The van der Waals surface area contributed by atoms with Crippen molar-refractivity contribution >= 4 is 35.0 Å². The molecule has 1 aromatic rings. The zero-order valence-electron chi connectivity index (χ0n) is 13.2. The van der Waals surface area contributed by atoms with Gasteiger partial charge >= 0.3 is 0 Å². The fourth-order valence-electron chi connectivity index (χ4n) is 2.26. The quantitative estimate of drug-likeness (QED) is 0.787. The van der Waals surface area contributed by atoms with Crippen LogP contribution in [-0.4, -0.2) is 42.9 Å². The standard InChI is InChI=1S/C16H21Cl2N3O2/c1-10(13-6-3-11(17)7-14(13)18)19-15(22)8-21(2)9-16(23)20-12-4-5-12/h3,6-7,10,12H,4-5,8-9H2,1-2H3,(H,19,22)(H,20,23)/t10-/m0/s1. The van der Waals surface area contributed by atoms with Crippen molar-refractivity contribution in [2.75, 3.05) is 20.1 Å². The summed E-state index contributed by atoms with van der Waals surface area (Å²) in [6, 6.07) is 5.27. The fourth-order valence-corrected chi connectivity index (χ4v) is 2.84. The van der Waals surface area contributed by atoms with E-state index in [2.05, 4.69) is 10.6 Å². The molecule has 0 radical (unpaired) electrons. The SMILES string of the molecule is C[C@H](NC(=O)CN(C)CC(=O)NC1CC1)c1ccc(Cl)cc1Cl. The molecule has 0 saturated heterocycles. The fraction of sp³-hybridized carbons (Fsp3) is 0.500. The van der Waals surface area contributed by atoms with Crippen LogP contribution in [0.4, 0.5) is 0 Å². The summed E-state index contributed by atoms with van der Waals surface area (Å²) in [5.74, 6) is -0.207. The van der Waals surface area contributed by atoms with Crippen LogP contribution in [0.15, 0.2) is 18.2 Å². The van der Waals surface area contributed by atoms with Crippen molar-refractivity contribution in [2.45, 2.75) is 31.8 Å². The van der Waals surface area contributed by atoms with Gasteiger partial charge in [-0.15, -0.1) is 0 Å². The van der Waals surface area contributed by atoms with E-state index in [9.17, 15) is 9.59 Å². The first kappa shape index (κ1) is 18.0. The molecule has 126 valence electrons. The second-order valence-electron chi connectivity index (χ2n) is 5.97. The minimum Gasteiger partial charge on any atom is -0.352 e. The molecule has 0 aromatic heterocycles. The smallest absolute Gasteiger partial charge is 0.234 e. The minimum atomic E-state index is -0.235. The van der Waals surface area contributed by atoms with E-state index in [4.69, 9.17) is 23.2 Å². The Balaban J connectivity index is 1.79. The van der Waals surface area contributed by atoms with Crippen molar-refractivity contribution in [3.63, 3.8) is 0 Å². The highest BCUT2D eigenvalue weighted by molar-refractivity contribution is 6.35. The molecular weight excluding hydrogens is 337 g/mol. The molecule has 0 aliphatic heterocycles. The summed E-state index contributed by atoms with van der Waals surface area (Å²) in [7, 11) is 1.74. The third kappa shape index (κ3) is 6.01. The Morgan fingerprint density at radius 2 is 1.91 bits per heavy atom. The molecule has 5 nitrogen and oxygen atoms in total. The van der Waals surface area contributed by atoms with Crippen LogP contribution in [0.1, 0.15) is 31.4 Å². The van der Waals surface area contributed by atoms with Crippen LogP contribution >= 0.6 is 23.2 Å². The Hall–Kier alpha value is -1.30. The van der Waals surface area contributed by atoms with Gasteiger partial charge in [-0.1, -0.05) is 29.3 Å². The molecule has 2 amide bonds. The van der Waals surface area contributed by atoms with Gasteiger partial charge in [0.05, 0.1) is 19.1 Å². The second-order valence-corrected chi connectivity index (χ2v) is 6.81. The van der Waals surface area contributed by atoms with Crippen molar-refractivity contribution < 1.29 is 9.59 Å². The molecule has 1 saturated carbocycles. The maximum atomic E-state index is 12.1. The van der Waals surface area contributed by atoms with E-state index in [0.717, 1.165) is 18.4 Å². The topological polar surface area (TPSA) is 61.4 Å². The molecule has 1 aliphatic carbocycles. The van der Waals surface area contributed by atoms with Crippen molar-refractivity contribution in [1.82, 2.24) is 15.5 Å². The summed E-state index contributed by atoms with van der Waals surface area (Å²) in [6.45, 7) is 2.21. The van der Waals surface area contributed by atoms with Crippen LogP contribution in [0.25, 0.3) is 0 Å². The van der Waals surface area contributed by atoms with Gasteiger partial charge in [0.2, 0.25) is 11.8 Å². The van der Waals surface area contributed by atoms with Crippen LogP contribution in [-0.2, 0) is 9.59 Å². The van der Waals surface area contributed by atoms with Gasteiger partial charge in [0, 0.05) is 16.1 Å². The third-order valence-corrected chi connectivity index (χ3v) is 4.14. The molecule has 0 spiro atoms. The number of hydrogen-bond acceptors (Lipinski definition) is 3. The Morgan fingerprint density at radius 3 is 2.52 bits per heavy atom. The average molecular weight is 358 g/mol. The van der Waals surface area contributed by atoms with Crippen LogP contribution in [0, 0.1) is 0 Å². The Morgan fingerprint density at radius 1 is 1.26 bits per heavy atom. The third-order valence-electron chi connectivity index (χ3n) is 3.58. The molecule has 1 aromatic carbocycles. The Kier molecular flexibility index (Phi) is 6.27. The average Bonchev–Trinajstić information content (AvgIpc) is 3.21. The van der Waals surface area contributed by atoms with Gasteiger partial charge in [0.1, 0.15) is 0 Å². The van der Waals surface area contributed by atoms with E-state index in [1.807, 2.05) is 6.92 Å². The highest BCUT2D eigenvalue weighted by Gasteiger charge is 2.24. The number of hydrogen-bond donors (Lipinski definition) is 2. The van der Waals surface area contributed by atoms with E-state index in [-0.39, 0.29) is 30.9 Å². The van der Waals surface area contributed by atoms with Gasteiger partial charge in [0.15, 0.2) is 0 Å². The maximum absolute atomic E-state index is 12.1. The first-order valence-electron chi connectivity index (χ1n) is 7.57. The second kappa shape index (κ2) is 7.99. The van der Waals surface area contributed by atoms with Gasteiger partial charge in [-0.25, -0.2) is 0 Å². The van der Waals surface area contributed by atoms with Gasteiger partial charge < -0.3 is 10.6 Å². The summed E-state index contributed by atoms with van der Waals surface area (Å²) < 4.78 is 0. The minimum absolute atomic E-state index is 0.0448. The number of nitrogens with one attached hydrogen (secondary N) is 2. The number of benzene rings is 1. The van der Waals surface area contributed by atoms with E-state index in [0.29, 0.717) is 16.1 Å². The lowest BCUT2D eigenvalue weighted by atomic mass is 10.1. The Bertz CT molecular complexity index is 591. The van der Waals surface area contributed by atoms with Gasteiger partial charge in [-0.05, 0) is 44.5 Å². The summed E-state index contributed by atoms with van der Waals surface area (Å²) in [5, 5.41) is 6.84. The number of amides is 2. The predicted octanol–water partition coefficient (Wildman–Crippen LogP) is 2.38. The molecule has 2 rings (SSSR count). The number of carbonyl (C=O) groups excluding carboxylic acids is 2. The molecule has 1 atom stereocenters. The number of nitrogens with zero attached hydrogens (tertiary/aromatic N) is 1. The van der Waals surface area contributed by atoms with Crippen LogP contribution < -0.4 is 10.6 Å².